The van der Waals surface area contributed by atoms with Crippen LogP contribution in [0.15, 0.2) is 42.7 Å². The van der Waals surface area contributed by atoms with Gasteiger partial charge in [-0.3, -0.25) is 9.36 Å². The maximum Gasteiger partial charge on any atom is 0.229 e. The van der Waals surface area contributed by atoms with E-state index in [1.54, 1.807) is 0 Å². The lowest BCUT2D eigenvalue weighted by atomic mass is 9.97. The van der Waals surface area contributed by atoms with Crippen molar-refractivity contribution >= 4 is 28.1 Å². The fraction of sp³-hybridized carbons (Fsp3) is 0.278. The minimum Gasteiger partial charge on any atom is -0.346 e. The second-order valence-corrected chi connectivity index (χ2v) is 7.29. The van der Waals surface area contributed by atoms with Crippen LogP contribution in [0.5, 0.6) is 0 Å². The summed E-state index contributed by atoms with van der Waals surface area (Å²) >= 11 is 1.44. The van der Waals surface area contributed by atoms with Crippen LogP contribution in [0.3, 0.4) is 0 Å². The summed E-state index contributed by atoms with van der Waals surface area (Å²) in [6.45, 7) is 1.24. The number of aromatic nitrogens is 3. The third-order valence-corrected chi connectivity index (χ3v) is 5.48. The van der Waals surface area contributed by atoms with Gasteiger partial charge in [0.05, 0.1) is 11.6 Å². The van der Waals surface area contributed by atoms with Crippen molar-refractivity contribution in [2.45, 2.75) is 12.8 Å². The molecule has 140 valence electrons. The molecule has 1 saturated heterocycles. The fourth-order valence-corrected chi connectivity index (χ4v) is 3.94. The third kappa shape index (κ3) is 3.82. The van der Waals surface area contributed by atoms with Gasteiger partial charge >= 0.3 is 0 Å². The van der Waals surface area contributed by atoms with Crippen LogP contribution in [0, 0.1) is 17.6 Å². The Morgan fingerprint density at radius 1 is 1.19 bits per heavy atom. The van der Waals surface area contributed by atoms with Crippen molar-refractivity contribution in [2.75, 3.05) is 23.3 Å². The molecule has 2 aromatic heterocycles. The molecule has 1 N–H and O–H groups in total. The maximum atomic E-state index is 13.8. The van der Waals surface area contributed by atoms with Gasteiger partial charge in [-0.1, -0.05) is 11.3 Å². The summed E-state index contributed by atoms with van der Waals surface area (Å²) in [5.74, 6) is -1.90. The van der Waals surface area contributed by atoms with Crippen LogP contribution in [0.25, 0.3) is 5.13 Å². The quantitative estimate of drug-likeness (QED) is 0.742. The van der Waals surface area contributed by atoms with E-state index in [9.17, 15) is 13.6 Å². The summed E-state index contributed by atoms with van der Waals surface area (Å²) in [7, 11) is 0. The van der Waals surface area contributed by atoms with Gasteiger partial charge in [0, 0.05) is 31.5 Å². The zero-order valence-electron chi connectivity index (χ0n) is 14.3. The molecule has 6 nitrogen and oxygen atoms in total. The van der Waals surface area contributed by atoms with Crippen LogP contribution < -0.4 is 10.2 Å². The molecule has 1 amide bonds. The lowest BCUT2D eigenvalue weighted by molar-refractivity contribution is -0.120. The number of rotatable bonds is 4. The zero-order chi connectivity index (χ0) is 18.8. The van der Waals surface area contributed by atoms with E-state index in [2.05, 4.69) is 15.5 Å². The molecule has 3 aromatic rings. The Labute approximate surface area is 158 Å². The van der Waals surface area contributed by atoms with Crippen molar-refractivity contribution in [2.24, 2.45) is 5.92 Å². The highest BCUT2D eigenvalue weighted by Crippen LogP contribution is 2.28. The average molecular weight is 389 g/mol. The van der Waals surface area contributed by atoms with E-state index in [1.807, 2.05) is 34.0 Å². The Morgan fingerprint density at radius 2 is 1.96 bits per heavy atom. The Bertz CT molecular complexity index is 943. The van der Waals surface area contributed by atoms with Crippen molar-refractivity contribution in [3.05, 3.63) is 54.4 Å². The summed E-state index contributed by atoms with van der Waals surface area (Å²) in [5.41, 5.74) is -0.136. The molecule has 1 aromatic carbocycles. The van der Waals surface area contributed by atoms with E-state index in [1.165, 1.54) is 11.3 Å². The molecule has 0 unspecified atom stereocenters. The first-order valence-corrected chi connectivity index (χ1v) is 9.39. The zero-order valence-corrected chi connectivity index (χ0v) is 15.1. The van der Waals surface area contributed by atoms with Crippen LogP contribution in [0.1, 0.15) is 12.8 Å². The highest BCUT2D eigenvalue weighted by atomic mass is 32.1. The molecule has 0 radical (unpaired) electrons. The fourth-order valence-electron chi connectivity index (χ4n) is 3.10. The van der Waals surface area contributed by atoms with E-state index in [0.717, 1.165) is 41.4 Å². The summed E-state index contributed by atoms with van der Waals surface area (Å²) in [5, 5.41) is 12.4. The van der Waals surface area contributed by atoms with Gasteiger partial charge in [0.25, 0.3) is 0 Å². The number of nitrogens with one attached hydrogen (secondary N) is 1. The van der Waals surface area contributed by atoms with Crippen LogP contribution in [-0.4, -0.2) is 33.8 Å². The number of hydrogen-bond acceptors (Lipinski definition) is 5. The van der Waals surface area contributed by atoms with Gasteiger partial charge in [-0.05, 0) is 37.1 Å². The van der Waals surface area contributed by atoms with E-state index < -0.39 is 11.6 Å². The molecule has 1 aliphatic heterocycles. The molecule has 0 aliphatic carbocycles. The third-order valence-electron chi connectivity index (χ3n) is 4.48. The Hall–Kier alpha value is -2.81. The Kier molecular flexibility index (Phi) is 4.85. The molecule has 0 saturated carbocycles. The monoisotopic (exact) mass is 389 g/mol. The van der Waals surface area contributed by atoms with E-state index in [4.69, 9.17) is 0 Å². The summed E-state index contributed by atoms with van der Waals surface area (Å²) in [4.78, 5) is 14.6. The van der Waals surface area contributed by atoms with Crippen molar-refractivity contribution in [3.8, 4) is 5.13 Å². The first-order chi connectivity index (χ1) is 13.1. The predicted molar refractivity (Wildman–Crippen MR) is 99.2 cm³/mol. The SMILES string of the molecule is O=C(Nc1cc(F)ccc1F)[C@@H]1CCCN(c2nnc(-n3cccc3)s2)C1. The van der Waals surface area contributed by atoms with Crippen LogP contribution in [0.2, 0.25) is 0 Å². The molecule has 3 heterocycles. The molecule has 0 spiro atoms. The highest BCUT2D eigenvalue weighted by Gasteiger charge is 2.28. The molecular weight excluding hydrogens is 372 g/mol. The lowest BCUT2D eigenvalue weighted by Gasteiger charge is -2.31. The van der Waals surface area contributed by atoms with Crippen molar-refractivity contribution in [1.29, 1.82) is 0 Å². The van der Waals surface area contributed by atoms with Crippen LogP contribution in [-0.2, 0) is 4.79 Å². The van der Waals surface area contributed by atoms with Crippen LogP contribution >= 0.6 is 11.3 Å². The van der Waals surface area contributed by atoms with Gasteiger partial charge in [-0.2, -0.15) is 0 Å². The first kappa shape index (κ1) is 17.6. The van der Waals surface area contributed by atoms with Gasteiger partial charge in [-0.15, -0.1) is 10.2 Å². The predicted octanol–water partition coefficient (Wildman–Crippen LogP) is 3.46. The summed E-state index contributed by atoms with van der Waals surface area (Å²) in [6, 6.07) is 6.83. The number of benzene rings is 1. The minimum atomic E-state index is -0.655. The highest BCUT2D eigenvalue weighted by molar-refractivity contribution is 7.17. The number of carbonyl (C=O) groups is 1. The molecule has 9 heteroatoms. The van der Waals surface area contributed by atoms with Crippen molar-refractivity contribution in [3.63, 3.8) is 0 Å². The van der Waals surface area contributed by atoms with Gasteiger partial charge in [0.2, 0.25) is 16.2 Å². The molecule has 1 atom stereocenters. The molecular formula is C18H17F2N5OS. The average Bonchev–Trinajstić information content (AvgIpc) is 3.36. The second kappa shape index (κ2) is 7.43. The van der Waals surface area contributed by atoms with E-state index in [-0.39, 0.29) is 17.5 Å². The Balaban J connectivity index is 1.45. The van der Waals surface area contributed by atoms with E-state index >= 15 is 0 Å². The van der Waals surface area contributed by atoms with Gasteiger partial charge in [0.15, 0.2) is 0 Å². The van der Waals surface area contributed by atoms with Crippen molar-refractivity contribution in [1.82, 2.24) is 14.8 Å². The number of halogens is 2. The molecule has 27 heavy (non-hydrogen) atoms. The first-order valence-electron chi connectivity index (χ1n) is 8.58. The molecule has 0 bridgehead atoms. The summed E-state index contributed by atoms with van der Waals surface area (Å²) in [6.07, 6.45) is 5.28. The Morgan fingerprint density at radius 3 is 2.78 bits per heavy atom. The van der Waals surface area contributed by atoms with Crippen molar-refractivity contribution < 1.29 is 13.6 Å². The van der Waals surface area contributed by atoms with Gasteiger partial charge in [-0.25, -0.2) is 8.78 Å². The van der Waals surface area contributed by atoms with E-state index in [0.29, 0.717) is 13.0 Å². The number of anilines is 2. The van der Waals surface area contributed by atoms with Gasteiger partial charge < -0.3 is 10.2 Å². The van der Waals surface area contributed by atoms with Crippen LogP contribution in [0.4, 0.5) is 19.6 Å². The second-order valence-electron chi connectivity index (χ2n) is 6.36. The number of hydrogen-bond donors (Lipinski definition) is 1. The largest absolute Gasteiger partial charge is 0.346 e. The molecule has 4 rings (SSSR count). The number of piperidine rings is 1. The standard InChI is InChI=1S/C18H17F2N5OS/c19-13-5-6-14(20)15(10-13)21-16(26)12-4-3-9-25(11-12)18-23-22-17(27-18)24-7-1-2-8-24/h1-2,5-8,10,12H,3-4,9,11H2,(H,21,26)/t12-/m1/s1. The number of nitrogens with zero attached hydrogens (tertiary/aromatic N) is 4. The number of carbonyl (C=O) groups excluding carboxylic acids is 1. The normalized spacial score (nSPS) is 17.1. The lowest BCUT2D eigenvalue weighted by Crippen LogP contribution is -2.40. The van der Waals surface area contributed by atoms with Gasteiger partial charge in [0.1, 0.15) is 11.6 Å². The minimum absolute atomic E-state index is 0.136. The maximum absolute atomic E-state index is 13.8. The smallest absolute Gasteiger partial charge is 0.229 e. The molecule has 1 aliphatic rings. The topological polar surface area (TPSA) is 63.1 Å². The number of amides is 1. The molecule has 1 fully saturated rings. The summed E-state index contributed by atoms with van der Waals surface area (Å²) < 4.78 is 28.9.